The van der Waals surface area contributed by atoms with Gasteiger partial charge in [0.25, 0.3) is 0 Å². The van der Waals surface area contributed by atoms with Crippen molar-refractivity contribution in [3.8, 4) is 0 Å². The molecule has 0 bridgehead atoms. The van der Waals surface area contributed by atoms with Gasteiger partial charge in [-0.2, -0.15) is 5.10 Å². The van der Waals surface area contributed by atoms with Crippen LogP contribution in [-0.2, 0) is 25.5 Å². The quantitative estimate of drug-likeness (QED) is 0.922. The third-order valence-corrected chi connectivity index (χ3v) is 5.45. The Labute approximate surface area is 126 Å². The maximum Gasteiger partial charge on any atom is 0.101 e. The van der Waals surface area contributed by atoms with Gasteiger partial charge in [0.15, 0.2) is 0 Å². The van der Waals surface area contributed by atoms with Crippen molar-refractivity contribution in [3.05, 3.63) is 37.7 Å². The molecule has 1 N–H and O–H groups in total. The molecule has 0 aliphatic heterocycles. The van der Waals surface area contributed by atoms with Gasteiger partial charge in [-0.25, -0.2) is 0 Å². The molecule has 2 aromatic rings. The summed E-state index contributed by atoms with van der Waals surface area (Å²) < 4.78 is 2.88. The summed E-state index contributed by atoms with van der Waals surface area (Å²) in [6.07, 6.45) is 1.44. The number of hydrogen-bond acceptors (Lipinski definition) is 3. The number of thiophene rings is 1. The van der Waals surface area contributed by atoms with Crippen molar-refractivity contribution in [1.82, 2.24) is 9.78 Å². The highest BCUT2D eigenvalue weighted by Crippen LogP contribution is 2.33. The molecular weight excluding hydrogens is 324 g/mol. The van der Waals surface area contributed by atoms with Crippen LogP contribution in [0.4, 0.5) is 0 Å². The van der Waals surface area contributed by atoms with Crippen LogP contribution in [0.1, 0.15) is 35.0 Å². The molecule has 0 aromatic carbocycles. The molecule has 0 aliphatic carbocycles. The topological polar surface area (TPSA) is 38.0 Å². The fraction of sp³-hybridized carbons (Fsp3) is 0.500. The number of aliphatic hydroxyl groups is 1. The zero-order chi connectivity index (χ0) is 14.2. The summed E-state index contributed by atoms with van der Waals surface area (Å²) in [5.74, 6) is 0. The molecular formula is C14H19BrN2OS. The van der Waals surface area contributed by atoms with Crippen molar-refractivity contribution in [2.75, 3.05) is 0 Å². The summed E-state index contributed by atoms with van der Waals surface area (Å²) in [6, 6.07) is 4.05. The summed E-state index contributed by atoms with van der Waals surface area (Å²) in [4.78, 5) is 2.21. The second-order valence-corrected chi connectivity index (χ2v) is 7.13. The van der Waals surface area contributed by atoms with E-state index in [0.717, 1.165) is 27.2 Å². The summed E-state index contributed by atoms with van der Waals surface area (Å²) in [5.41, 5.74) is 1.21. The average molecular weight is 343 g/mol. The third kappa shape index (κ3) is 2.93. The van der Waals surface area contributed by atoms with Crippen molar-refractivity contribution < 1.29 is 5.11 Å². The number of nitrogens with zero attached hydrogens (tertiary/aromatic N) is 2. The average Bonchev–Trinajstić information content (AvgIpc) is 2.88. The Hall–Kier alpha value is -0.650. The standard InChI is InChI=1S/C14H19BrN2OS/c1-5-10-13(15)11(17(4)16-10)8-14(3,18)12-7-6-9(2)19-12/h6-7,18H,5,8H2,1-4H3. The summed E-state index contributed by atoms with van der Waals surface area (Å²) in [6.45, 7) is 6.00. The Morgan fingerprint density at radius 2 is 2.16 bits per heavy atom. The lowest BCUT2D eigenvalue weighted by Crippen LogP contribution is -2.24. The van der Waals surface area contributed by atoms with Crippen LogP contribution in [0.2, 0.25) is 0 Å². The highest BCUT2D eigenvalue weighted by Gasteiger charge is 2.28. The summed E-state index contributed by atoms with van der Waals surface area (Å²) in [7, 11) is 1.93. The molecule has 104 valence electrons. The summed E-state index contributed by atoms with van der Waals surface area (Å²) in [5, 5.41) is 15.2. The van der Waals surface area contributed by atoms with Crippen molar-refractivity contribution in [3.63, 3.8) is 0 Å². The molecule has 5 heteroatoms. The van der Waals surface area contributed by atoms with E-state index in [0.29, 0.717) is 6.42 Å². The minimum Gasteiger partial charge on any atom is -0.384 e. The van der Waals surface area contributed by atoms with E-state index in [9.17, 15) is 5.11 Å². The van der Waals surface area contributed by atoms with Crippen LogP contribution in [0.3, 0.4) is 0 Å². The molecule has 0 radical (unpaired) electrons. The molecule has 0 amide bonds. The van der Waals surface area contributed by atoms with Gasteiger partial charge in [0.05, 0.1) is 15.9 Å². The smallest absolute Gasteiger partial charge is 0.101 e. The van der Waals surface area contributed by atoms with E-state index >= 15 is 0 Å². The van der Waals surface area contributed by atoms with Crippen molar-refractivity contribution >= 4 is 27.3 Å². The fourth-order valence-electron chi connectivity index (χ4n) is 2.15. The number of halogens is 1. The predicted octanol–water partition coefficient (Wildman–Crippen LogP) is 3.57. The summed E-state index contributed by atoms with van der Waals surface area (Å²) >= 11 is 5.24. The van der Waals surface area contributed by atoms with Gasteiger partial charge >= 0.3 is 0 Å². The van der Waals surface area contributed by atoms with Crippen molar-refractivity contribution in [2.45, 2.75) is 39.2 Å². The highest BCUT2D eigenvalue weighted by atomic mass is 79.9. The van der Waals surface area contributed by atoms with E-state index in [1.165, 1.54) is 4.88 Å². The van der Waals surface area contributed by atoms with E-state index in [4.69, 9.17) is 0 Å². The van der Waals surface area contributed by atoms with Gasteiger partial charge in [0.1, 0.15) is 5.60 Å². The first-order valence-corrected chi connectivity index (χ1v) is 7.95. The number of hydrogen-bond donors (Lipinski definition) is 1. The molecule has 19 heavy (non-hydrogen) atoms. The minimum atomic E-state index is -0.861. The SMILES string of the molecule is CCc1nn(C)c(CC(C)(O)c2ccc(C)s2)c1Br. The largest absolute Gasteiger partial charge is 0.384 e. The van der Waals surface area contributed by atoms with Crippen molar-refractivity contribution in [2.24, 2.45) is 7.05 Å². The van der Waals surface area contributed by atoms with Crippen LogP contribution < -0.4 is 0 Å². The lowest BCUT2D eigenvalue weighted by Gasteiger charge is -2.22. The Morgan fingerprint density at radius 1 is 1.47 bits per heavy atom. The molecule has 3 nitrogen and oxygen atoms in total. The molecule has 1 unspecified atom stereocenters. The van der Waals surface area contributed by atoms with Crippen LogP contribution in [0.5, 0.6) is 0 Å². The first kappa shape index (κ1) is 14.8. The van der Waals surface area contributed by atoms with Gasteiger partial charge in [-0.1, -0.05) is 6.92 Å². The Bertz CT molecular complexity index is 586. The first-order chi connectivity index (χ1) is 8.85. The van der Waals surface area contributed by atoms with Gasteiger partial charge in [0.2, 0.25) is 0 Å². The molecule has 0 spiro atoms. The van der Waals surface area contributed by atoms with Gasteiger partial charge in [0, 0.05) is 23.2 Å². The lowest BCUT2D eigenvalue weighted by molar-refractivity contribution is 0.0593. The van der Waals surface area contributed by atoms with Crippen molar-refractivity contribution in [1.29, 1.82) is 0 Å². The molecule has 2 aromatic heterocycles. The van der Waals surface area contributed by atoms with E-state index in [1.54, 1.807) is 11.3 Å². The fourth-order valence-corrected chi connectivity index (χ4v) is 3.82. The van der Waals surface area contributed by atoms with E-state index in [2.05, 4.69) is 34.9 Å². The second kappa shape index (κ2) is 5.38. The van der Waals surface area contributed by atoms with Crippen LogP contribution in [0, 0.1) is 6.92 Å². The molecule has 2 heterocycles. The molecule has 0 saturated carbocycles. The molecule has 0 fully saturated rings. The number of aryl methyl sites for hydroxylation is 3. The second-order valence-electron chi connectivity index (χ2n) is 5.05. The van der Waals surface area contributed by atoms with Crippen LogP contribution in [0.25, 0.3) is 0 Å². The Morgan fingerprint density at radius 3 is 2.63 bits per heavy atom. The molecule has 0 aliphatic rings. The Kier molecular flexibility index (Phi) is 4.18. The first-order valence-electron chi connectivity index (χ1n) is 6.34. The van der Waals surface area contributed by atoms with Crippen LogP contribution >= 0.6 is 27.3 Å². The van der Waals surface area contributed by atoms with E-state index in [-0.39, 0.29) is 0 Å². The minimum absolute atomic E-state index is 0.553. The van der Waals surface area contributed by atoms with Crippen LogP contribution in [0.15, 0.2) is 16.6 Å². The van der Waals surface area contributed by atoms with Gasteiger partial charge in [-0.15, -0.1) is 11.3 Å². The predicted molar refractivity (Wildman–Crippen MR) is 82.6 cm³/mol. The molecule has 1 atom stereocenters. The number of rotatable bonds is 4. The van der Waals surface area contributed by atoms with E-state index in [1.807, 2.05) is 30.8 Å². The van der Waals surface area contributed by atoms with Gasteiger partial charge in [-0.05, 0) is 48.3 Å². The van der Waals surface area contributed by atoms with Gasteiger partial charge in [-0.3, -0.25) is 4.68 Å². The maximum absolute atomic E-state index is 10.7. The zero-order valence-electron chi connectivity index (χ0n) is 11.7. The van der Waals surface area contributed by atoms with E-state index < -0.39 is 5.60 Å². The maximum atomic E-state index is 10.7. The third-order valence-electron chi connectivity index (χ3n) is 3.29. The normalized spacial score (nSPS) is 14.6. The van der Waals surface area contributed by atoms with Crippen LogP contribution in [-0.4, -0.2) is 14.9 Å². The highest BCUT2D eigenvalue weighted by molar-refractivity contribution is 9.10. The van der Waals surface area contributed by atoms with Gasteiger partial charge < -0.3 is 5.11 Å². The molecule has 0 saturated heterocycles. The monoisotopic (exact) mass is 342 g/mol. The lowest BCUT2D eigenvalue weighted by atomic mass is 9.98. The Balaban J connectivity index is 2.32. The number of aromatic nitrogens is 2. The zero-order valence-corrected chi connectivity index (χ0v) is 14.1. The molecule has 2 rings (SSSR count).